The number of nitrogens with two attached hydrogens (primary N) is 1. The third-order valence-corrected chi connectivity index (χ3v) is 4.36. The summed E-state index contributed by atoms with van der Waals surface area (Å²) in [6.45, 7) is 6.43. The standard InChI is InChI=1S/C11H22N2O4S/c1-11(2,3)17-10(14)13-6-9(7-13)8-18(15,16)5-4-12/h9H,4-8,12H2,1-3H3. The molecule has 0 aromatic heterocycles. The van der Waals surface area contributed by atoms with Gasteiger partial charge in [0.25, 0.3) is 0 Å². The Hall–Kier alpha value is -0.820. The van der Waals surface area contributed by atoms with Crippen molar-refractivity contribution in [3.8, 4) is 0 Å². The Bertz CT molecular complexity index is 394. The van der Waals surface area contributed by atoms with Crippen LogP contribution in [0.1, 0.15) is 20.8 Å². The highest BCUT2D eigenvalue weighted by Gasteiger charge is 2.35. The second-order valence-electron chi connectivity index (χ2n) is 5.65. The van der Waals surface area contributed by atoms with Gasteiger partial charge in [0.05, 0.1) is 11.5 Å². The molecule has 0 aliphatic carbocycles. The molecule has 0 spiro atoms. The van der Waals surface area contributed by atoms with Crippen LogP contribution in [0, 0.1) is 5.92 Å². The van der Waals surface area contributed by atoms with E-state index in [9.17, 15) is 13.2 Å². The van der Waals surface area contributed by atoms with E-state index in [0.717, 1.165) is 0 Å². The molecule has 1 fully saturated rings. The van der Waals surface area contributed by atoms with E-state index in [-0.39, 0.29) is 30.1 Å². The van der Waals surface area contributed by atoms with Crippen LogP contribution in [0.2, 0.25) is 0 Å². The number of sulfone groups is 1. The van der Waals surface area contributed by atoms with Crippen molar-refractivity contribution in [3.05, 3.63) is 0 Å². The first kappa shape index (κ1) is 15.2. The van der Waals surface area contributed by atoms with Crippen molar-refractivity contribution in [2.45, 2.75) is 26.4 Å². The first-order chi connectivity index (χ1) is 8.13. The second kappa shape index (κ2) is 5.44. The van der Waals surface area contributed by atoms with Crippen LogP contribution in [0.3, 0.4) is 0 Å². The molecule has 1 aliphatic rings. The smallest absolute Gasteiger partial charge is 0.410 e. The lowest BCUT2D eigenvalue weighted by Crippen LogP contribution is -2.53. The Kier molecular flexibility index (Phi) is 4.61. The summed E-state index contributed by atoms with van der Waals surface area (Å²) in [5, 5.41) is 0. The highest BCUT2D eigenvalue weighted by molar-refractivity contribution is 7.91. The van der Waals surface area contributed by atoms with Gasteiger partial charge in [-0.15, -0.1) is 0 Å². The van der Waals surface area contributed by atoms with Crippen LogP contribution in [0.15, 0.2) is 0 Å². The highest BCUT2D eigenvalue weighted by atomic mass is 32.2. The molecule has 18 heavy (non-hydrogen) atoms. The minimum absolute atomic E-state index is 0.00840. The van der Waals surface area contributed by atoms with Crippen LogP contribution in [0.5, 0.6) is 0 Å². The molecule has 2 N–H and O–H groups in total. The third kappa shape index (κ3) is 4.81. The zero-order chi connectivity index (χ0) is 14.0. The zero-order valence-electron chi connectivity index (χ0n) is 11.2. The summed E-state index contributed by atoms with van der Waals surface area (Å²) < 4.78 is 28.2. The largest absolute Gasteiger partial charge is 0.444 e. The van der Waals surface area contributed by atoms with Crippen LogP contribution in [0.25, 0.3) is 0 Å². The number of hydrogen-bond acceptors (Lipinski definition) is 5. The number of rotatable bonds is 4. The van der Waals surface area contributed by atoms with Gasteiger partial charge in [-0.2, -0.15) is 0 Å². The number of nitrogens with zero attached hydrogens (tertiary/aromatic N) is 1. The third-order valence-electron chi connectivity index (χ3n) is 2.53. The normalized spacial score (nSPS) is 17.4. The average molecular weight is 278 g/mol. The summed E-state index contributed by atoms with van der Waals surface area (Å²) in [6, 6.07) is 0. The molecule has 6 nitrogen and oxygen atoms in total. The molecular weight excluding hydrogens is 256 g/mol. The molecule has 1 heterocycles. The molecule has 1 aliphatic heterocycles. The SMILES string of the molecule is CC(C)(C)OC(=O)N1CC(CS(=O)(=O)CCN)C1. The van der Waals surface area contributed by atoms with Crippen molar-refractivity contribution in [1.29, 1.82) is 0 Å². The van der Waals surface area contributed by atoms with Crippen LogP contribution in [0.4, 0.5) is 4.79 Å². The minimum Gasteiger partial charge on any atom is -0.444 e. The first-order valence-electron chi connectivity index (χ1n) is 6.01. The Balaban J connectivity index is 2.34. The predicted molar refractivity (Wildman–Crippen MR) is 69.0 cm³/mol. The Morgan fingerprint density at radius 1 is 1.39 bits per heavy atom. The number of carbonyl (C=O) groups excluding carboxylic acids is 1. The van der Waals surface area contributed by atoms with Gasteiger partial charge in [-0.3, -0.25) is 0 Å². The van der Waals surface area contributed by atoms with Gasteiger partial charge in [0.15, 0.2) is 9.84 Å². The van der Waals surface area contributed by atoms with Gasteiger partial charge in [-0.05, 0) is 20.8 Å². The van der Waals surface area contributed by atoms with Crippen LogP contribution < -0.4 is 5.73 Å². The van der Waals surface area contributed by atoms with Gasteiger partial charge in [0.1, 0.15) is 5.60 Å². The van der Waals surface area contributed by atoms with Gasteiger partial charge in [-0.1, -0.05) is 0 Å². The summed E-state index contributed by atoms with van der Waals surface area (Å²) in [5.41, 5.74) is 4.71. The lowest BCUT2D eigenvalue weighted by Gasteiger charge is -2.39. The summed E-state index contributed by atoms with van der Waals surface area (Å²) in [4.78, 5) is 13.1. The van der Waals surface area contributed by atoms with E-state index < -0.39 is 15.4 Å². The second-order valence-corrected chi connectivity index (χ2v) is 7.88. The van der Waals surface area contributed by atoms with Crippen molar-refractivity contribution >= 4 is 15.9 Å². The van der Waals surface area contributed by atoms with Crippen molar-refractivity contribution in [1.82, 2.24) is 4.90 Å². The van der Waals surface area contributed by atoms with Crippen molar-refractivity contribution in [3.63, 3.8) is 0 Å². The number of likely N-dealkylation sites (tertiary alicyclic amines) is 1. The van der Waals surface area contributed by atoms with Gasteiger partial charge in [0, 0.05) is 25.6 Å². The highest BCUT2D eigenvalue weighted by Crippen LogP contribution is 2.20. The fourth-order valence-corrected chi connectivity index (χ4v) is 3.23. The molecule has 7 heteroatoms. The van der Waals surface area contributed by atoms with Gasteiger partial charge >= 0.3 is 6.09 Å². The predicted octanol–water partition coefficient (Wildman–Crippen LogP) is 0.227. The van der Waals surface area contributed by atoms with E-state index in [2.05, 4.69) is 0 Å². The Morgan fingerprint density at radius 3 is 2.39 bits per heavy atom. The fourth-order valence-electron chi connectivity index (χ4n) is 1.77. The molecule has 0 radical (unpaired) electrons. The van der Waals surface area contributed by atoms with Gasteiger partial charge < -0.3 is 15.4 Å². The summed E-state index contributed by atoms with van der Waals surface area (Å²) in [6.07, 6.45) is -0.380. The number of amides is 1. The molecule has 0 aromatic rings. The molecule has 0 saturated carbocycles. The quantitative estimate of drug-likeness (QED) is 0.795. The monoisotopic (exact) mass is 278 g/mol. The van der Waals surface area contributed by atoms with E-state index in [1.54, 1.807) is 20.8 Å². The molecule has 0 atom stereocenters. The molecule has 1 saturated heterocycles. The maximum Gasteiger partial charge on any atom is 0.410 e. The lowest BCUT2D eigenvalue weighted by molar-refractivity contribution is 0.00191. The van der Waals surface area contributed by atoms with Crippen molar-refractivity contribution < 1.29 is 17.9 Å². The maximum absolute atomic E-state index is 11.6. The van der Waals surface area contributed by atoms with Gasteiger partial charge in [-0.25, -0.2) is 13.2 Å². The maximum atomic E-state index is 11.6. The molecule has 1 rings (SSSR count). The molecule has 1 amide bonds. The van der Waals surface area contributed by atoms with Crippen molar-refractivity contribution in [2.24, 2.45) is 11.7 Å². The number of hydrogen-bond donors (Lipinski definition) is 1. The summed E-state index contributed by atoms with van der Waals surface area (Å²) in [7, 11) is -3.08. The topological polar surface area (TPSA) is 89.7 Å². The number of carbonyl (C=O) groups is 1. The molecule has 0 aromatic carbocycles. The average Bonchev–Trinajstić information content (AvgIpc) is 2.07. The first-order valence-corrected chi connectivity index (χ1v) is 7.83. The zero-order valence-corrected chi connectivity index (χ0v) is 12.0. The fraction of sp³-hybridized carbons (Fsp3) is 0.909. The van der Waals surface area contributed by atoms with Crippen LogP contribution in [-0.2, 0) is 14.6 Å². The molecule has 0 bridgehead atoms. The molecule has 0 unspecified atom stereocenters. The summed E-state index contributed by atoms with van der Waals surface area (Å²) in [5.74, 6) is 0.119. The van der Waals surface area contributed by atoms with E-state index in [0.29, 0.717) is 13.1 Å². The number of ether oxygens (including phenoxy) is 1. The van der Waals surface area contributed by atoms with E-state index in [4.69, 9.17) is 10.5 Å². The van der Waals surface area contributed by atoms with E-state index in [1.165, 1.54) is 4.90 Å². The van der Waals surface area contributed by atoms with E-state index >= 15 is 0 Å². The van der Waals surface area contributed by atoms with Crippen LogP contribution >= 0.6 is 0 Å². The Morgan fingerprint density at radius 2 is 1.94 bits per heavy atom. The molecule has 106 valence electrons. The van der Waals surface area contributed by atoms with E-state index in [1.807, 2.05) is 0 Å². The lowest BCUT2D eigenvalue weighted by atomic mass is 10.0. The minimum atomic E-state index is -3.08. The summed E-state index contributed by atoms with van der Waals surface area (Å²) >= 11 is 0. The van der Waals surface area contributed by atoms with Gasteiger partial charge in [0.2, 0.25) is 0 Å². The van der Waals surface area contributed by atoms with Crippen LogP contribution in [-0.4, -0.2) is 56.2 Å². The Labute approximate surface area is 108 Å². The molecular formula is C11H22N2O4S. The van der Waals surface area contributed by atoms with Crippen molar-refractivity contribution in [2.75, 3.05) is 31.1 Å².